The summed E-state index contributed by atoms with van der Waals surface area (Å²) in [4.78, 5) is 14.4. The van der Waals surface area contributed by atoms with Crippen molar-refractivity contribution >= 4 is 5.78 Å². The van der Waals surface area contributed by atoms with Gasteiger partial charge in [0.15, 0.2) is 0 Å². The molecule has 4 fully saturated rings. The molecule has 1 heterocycles. The molecule has 1 aromatic rings. The lowest BCUT2D eigenvalue weighted by atomic mass is 9.31. The second kappa shape index (κ2) is 7.03. The number of hydrogen-bond donors (Lipinski definition) is 1. The summed E-state index contributed by atoms with van der Waals surface area (Å²) in [7, 11) is 0. The van der Waals surface area contributed by atoms with Gasteiger partial charge in [0, 0.05) is 29.9 Å². The average Bonchev–Trinajstić information content (AvgIpc) is 3.24. The molecule has 0 bridgehead atoms. The second-order valence-electron chi connectivity index (χ2n) is 15.7. The number of fused-ring (bicyclic) bond motifs is 8. The van der Waals surface area contributed by atoms with Crippen molar-refractivity contribution in [2.75, 3.05) is 6.61 Å². The zero-order valence-corrected chi connectivity index (χ0v) is 23.2. The molecule has 0 amide bonds. The number of nitrogens with zero attached hydrogens (tertiary/aromatic N) is 1. The number of rotatable bonds is 1. The number of ketones is 1. The lowest BCUT2D eigenvalue weighted by Crippen LogP contribution is -2.69. The molecule has 0 aromatic carbocycles. The molecule has 4 nitrogen and oxygen atoms in total. The van der Waals surface area contributed by atoms with Gasteiger partial charge in [-0.3, -0.25) is 4.79 Å². The van der Waals surface area contributed by atoms with Crippen LogP contribution in [-0.2, 0) is 16.6 Å². The lowest BCUT2D eigenvalue weighted by molar-refractivity contribution is -0.232. The summed E-state index contributed by atoms with van der Waals surface area (Å²) in [5.41, 5.74) is 1.59. The Morgan fingerprint density at radius 1 is 0.971 bits per heavy atom. The first-order valence-corrected chi connectivity index (χ1v) is 14.3. The van der Waals surface area contributed by atoms with Gasteiger partial charge in [-0.15, -0.1) is 0 Å². The van der Waals surface area contributed by atoms with E-state index in [1.807, 2.05) is 6.20 Å². The van der Waals surface area contributed by atoms with Crippen molar-refractivity contribution in [2.45, 2.75) is 112 Å². The van der Waals surface area contributed by atoms with Gasteiger partial charge in [0.25, 0.3) is 0 Å². The Bertz CT molecular complexity index is 1060. The summed E-state index contributed by atoms with van der Waals surface area (Å²) in [6.45, 7) is 17.3. The van der Waals surface area contributed by atoms with Gasteiger partial charge in [-0.05, 0) is 96.2 Å². The van der Waals surface area contributed by atoms with E-state index in [2.05, 4.69) is 53.6 Å². The molecule has 0 spiro atoms. The highest BCUT2D eigenvalue weighted by molar-refractivity contribution is 5.84. The first-order chi connectivity index (χ1) is 16.2. The number of hydrogen-bond acceptors (Lipinski definition) is 4. The normalized spacial score (nSPS) is 49.8. The molecule has 1 aromatic heterocycles. The van der Waals surface area contributed by atoms with Crippen LogP contribution < -0.4 is 0 Å². The quantitative estimate of drug-likeness (QED) is 0.482. The van der Waals surface area contributed by atoms with Crippen LogP contribution in [0.25, 0.3) is 0 Å². The van der Waals surface area contributed by atoms with E-state index in [9.17, 15) is 9.90 Å². The Labute approximate surface area is 212 Å². The van der Waals surface area contributed by atoms with Gasteiger partial charge in [0.05, 0.1) is 6.20 Å². The van der Waals surface area contributed by atoms with Gasteiger partial charge in [0.2, 0.25) is 0 Å². The summed E-state index contributed by atoms with van der Waals surface area (Å²) < 4.78 is 5.81. The Hall–Kier alpha value is -1.16. The fourth-order valence-corrected chi connectivity index (χ4v) is 11.4. The first kappa shape index (κ1) is 24.2. The Morgan fingerprint density at radius 3 is 2.40 bits per heavy atom. The van der Waals surface area contributed by atoms with Crippen LogP contribution in [0.3, 0.4) is 0 Å². The summed E-state index contributed by atoms with van der Waals surface area (Å²) in [6.07, 6.45) is 11.5. The Balaban J connectivity index is 1.45. The van der Waals surface area contributed by atoms with Crippen LogP contribution >= 0.6 is 0 Å². The third-order valence-corrected chi connectivity index (χ3v) is 13.4. The van der Waals surface area contributed by atoms with E-state index in [-0.39, 0.29) is 45.0 Å². The van der Waals surface area contributed by atoms with E-state index in [1.54, 1.807) is 0 Å². The van der Waals surface area contributed by atoms with E-state index in [4.69, 9.17) is 4.52 Å². The molecule has 5 aliphatic carbocycles. The molecule has 35 heavy (non-hydrogen) atoms. The van der Waals surface area contributed by atoms with E-state index in [1.165, 1.54) is 18.4 Å². The summed E-state index contributed by atoms with van der Waals surface area (Å²) in [5.74, 6) is 2.86. The molecule has 0 aliphatic heterocycles. The van der Waals surface area contributed by atoms with Crippen LogP contribution in [-0.4, -0.2) is 22.7 Å². The molecule has 6 rings (SSSR count). The van der Waals surface area contributed by atoms with Crippen molar-refractivity contribution in [3.8, 4) is 0 Å². The van der Waals surface area contributed by atoms with Crippen LogP contribution in [0, 0.1) is 50.7 Å². The fraction of sp³-hybridized carbons (Fsp3) is 0.871. The SMILES string of the molecule is CC1(C)CC[C@]2(CO)CC[C@]3(C)[C@H](C(=O)C[C@@H]4[C@@]5(C)Cc6cnoc6C(C)(C)[C@@H]5CC[C@]43C)[C@@H]2C1. The van der Waals surface area contributed by atoms with Crippen molar-refractivity contribution in [3.05, 3.63) is 17.5 Å². The molecule has 8 atom stereocenters. The molecule has 0 unspecified atom stereocenters. The van der Waals surface area contributed by atoms with Crippen LogP contribution in [0.1, 0.15) is 111 Å². The van der Waals surface area contributed by atoms with E-state index >= 15 is 0 Å². The molecule has 4 heteroatoms. The maximum absolute atomic E-state index is 14.4. The number of aliphatic hydroxyl groups is 1. The number of Topliss-reactive ketones (excluding diaryl/α,β-unsaturated/α-hetero) is 1. The molecule has 1 N–H and O–H groups in total. The summed E-state index contributed by atoms with van der Waals surface area (Å²) in [5, 5.41) is 14.9. The van der Waals surface area contributed by atoms with Crippen LogP contribution in [0.2, 0.25) is 0 Å². The molecule has 5 aliphatic rings. The predicted molar refractivity (Wildman–Crippen MR) is 137 cm³/mol. The second-order valence-corrected chi connectivity index (χ2v) is 15.7. The Kier molecular flexibility index (Phi) is 4.86. The zero-order chi connectivity index (χ0) is 25.2. The van der Waals surface area contributed by atoms with E-state index < -0.39 is 0 Å². The molecule has 0 saturated heterocycles. The summed E-state index contributed by atoms with van der Waals surface area (Å²) >= 11 is 0. The van der Waals surface area contributed by atoms with Gasteiger partial charge < -0.3 is 9.63 Å². The molecule has 194 valence electrons. The number of aliphatic hydroxyl groups excluding tert-OH is 1. The van der Waals surface area contributed by atoms with Gasteiger partial charge in [-0.1, -0.05) is 53.6 Å². The third kappa shape index (κ3) is 2.84. The highest BCUT2D eigenvalue weighted by atomic mass is 16.5. The van der Waals surface area contributed by atoms with Gasteiger partial charge in [0.1, 0.15) is 11.5 Å². The largest absolute Gasteiger partial charge is 0.396 e. The van der Waals surface area contributed by atoms with Crippen molar-refractivity contribution in [3.63, 3.8) is 0 Å². The maximum Gasteiger partial charge on any atom is 0.145 e. The number of carbonyl (C=O) groups excluding carboxylic acids is 1. The third-order valence-electron chi connectivity index (χ3n) is 13.4. The van der Waals surface area contributed by atoms with Crippen LogP contribution in [0.4, 0.5) is 0 Å². The molecular formula is C31H47NO3. The van der Waals surface area contributed by atoms with Gasteiger partial charge >= 0.3 is 0 Å². The molecule has 0 radical (unpaired) electrons. The Morgan fingerprint density at radius 2 is 1.69 bits per heavy atom. The van der Waals surface area contributed by atoms with Crippen molar-refractivity contribution in [1.29, 1.82) is 0 Å². The first-order valence-electron chi connectivity index (χ1n) is 14.3. The van der Waals surface area contributed by atoms with Gasteiger partial charge in [-0.25, -0.2) is 0 Å². The van der Waals surface area contributed by atoms with Crippen molar-refractivity contribution in [2.24, 2.45) is 50.7 Å². The minimum absolute atomic E-state index is 0.00317. The smallest absolute Gasteiger partial charge is 0.145 e. The summed E-state index contributed by atoms with van der Waals surface area (Å²) in [6, 6.07) is 0. The average molecular weight is 482 g/mol. The standard InChI is InChI=1S/C31H47NO3/c1-26(2)10-12-31(18-33)13-11-30(7)24(20(31)16-26)21(34)14-23-28(5)15-19-17-32-35-25(19)27(3,4)22(28)8-9-29(23,30)6/h17,20,22-24,33H,8-16,18H2,1-7H3/t20-,22-,23+,24-,28-,29+,30+,31+/m0/s1. The molecular weight excluding hydrogens is 434 g/mol. The number of aromatic nitrogens is 1. The maximum atomic E-state index is 14.4. The topological polar surface area (TPSA) is 63.3 Å². The van der Waals surface area contributed by atoms with Crippen molar-refractivity contribution < 1.29 is 14.4 Å². The van der Waals surface area contributed by atoms with Crippen LogP contribution in [0.5, 0.6) is 0 Å². The minimum atomic E-state index is -0.0625. The highest BCUT2D eigenvalue weighted by Crippen LogP contribution is 2.75. The van der Waals surface area contributed by atoms with Gasteiger partial charge in [-0.2, -0.15) is 0 Å². The fourth-order valence-electron chi connectivity index (χ4n) is 11.4. The monoisotopic (exact) mass is 481 g/mol. The highest BCUT2D eigenvalue weighted by Gasteiger charge is 2.72. The molecule has 4 saturated carbocycles. The van der Waals surface area contributed by atoms with Crippen LogP contribution in [0.15, 0.2) is 10.7 Å². The zero-order valence-electron chi connectivity index (χ0n) is 23.2. The van der Waals surface area contributed by atoms with Crippen molar-refractivity contribution in [1.82, 2.24) is 5.16 Å². The minimum Gasteiger partial charge on any atom is -0.396 e. The lowest BCUT2D eigenvalue weighted by Gasteiger charge is -2.72. The van der Waals surface area contributed by atoms with E-state index in [0.29, 0.717) is 30.0 Å². The van der Waals surface area contributed by atoms with E-state index in [0.717, 1.165) is 44.3 Å². The predicted octanol–water partition coefficient (Wildman–Crippen LogP) is 6.74. The number of carbonyl (C=O) groups is 1.